The highest BCUT2D eigenvalue weighted by Crippen LogP contribution is 2.30. The van der Waals surface area contributed by atoms with Crippen LogP contribution in [0.3, 0.4) is 0 Å². The van der Waals surface area contributed by atoms with E-state index in [1.54, 1.807) is 0 Å². The Hall–Kier alpha value is -2.51. The Morgan fingerprint density at radius 1 is 1.26 bits per heavy atom. The minimum atomic E-state index is -1.55. The summed E-state index contributed by atoms with van der Waals surface area (Å²) in [6.45, 7) is 3.06. The van der Waals surface area contributed by atoms with Gasteiger partial charge in [-0.15, -0.1) is 0 Å². The highest BCUT2D eigenvalue weighted by molar-refractivity contribution is 6.09. The van der Waals surface area contributed by atoms with Crippen LogP contribution < -0.4 is 10.6 Å². The van der Waals surface area contributed by atoms with Crippen molar-refractivity contribution in [1.82, 2.24) is 15.5 Å². The van der Waals surface area contributed by atoms with Crippen molar-refractivity contribution in [3.63, 3.8) is 0 Å². The minimum Gasteiger partial charge on any atom is -0.352 e. The van der Waals surface area contributed by atoms with Crippen molar-refractivity contribution >= 4 is 17.8 Å². The maximum absolute atomic E-state index is 13.6. The van der Waals surface area contributed by atoms with Crippen molar-refractivity contribution in [1.29, 1.82) is 0 Å². The molecule has 0 bridgehead atoms. The first kappa shape index (κ1) is 19.3. The highest BCUT2D eigenvalue weighted by atomic mass is 19.2. The number of nitrogens with zero attached hydrogens (tertiary/aromatic N) is 1. The van der Waals surface area contributed by atoms with Gasteiger partial charge in [0.25, 0.3) is 5.91 Å². The lowest BCUT2D eigenvalue weighted by Gasteiger charge is -2.30. The summed E-state index contributed by atoms with van der Waals surface area (Å²) in [4.78, 5) is 38.2. The van der Waals surface area contributed by atoms with Crippen LogP contribution in [0.5, 0.6) is 0 Å². The average Bonchev–Trinajstić information content (AvgIpc) is 2.83. The van der Waals surface area contributed by atoms with Gasteiger partial charge in [0.1, 0.15) is 12.1 Å². The number of benzene rings is 1. The zero-order valence-electron chi connectivity index (χ0n) is 15.4. The number of rotatable bonds is 4. The normalized spacial score (nSPS) is 28.2. The van der Waals surface area contributed by atoms with E-state index in [1.165, 1.54) is 13.0 Å². The summed E-state index contributed by atoms with van der Waals surface area (Å²) in [7, 11) is 0. The van der Waals surface area contributed by atoms with Crippen molar-refractivity contribution in [2.75, 3.05) is 6.54 Å². The number of nitrogens with one attached hydrogen (secondary N) is 2. The van der Waals surface area contributed by atoms with Crippen molar-refractivity contribution < 1.29 is 23.2 Å². The van der Waals surface area contributed by atoms with Crippen LogP contribution in [0.2, 0.25) is 0 Å². The Kier molecular flexibility index (Phi) is 5.17. The second kappa shape index (κ2) is 7.25. The van der Waals surface area contributed by atoms with Crippen LogP contribution in [0, 0.1) is 17.6 Å². The monoisotopic (exact) mass is 379 g/mol. The molecule has 1 aromatic carbocycles. The van der Waals surface area contributed by atoms with Gasteiger partial charge >= 0.3 is 6.03 Å². The molecule has 1 saturated carbocycles. The third kappa shape index (κ3) is 3.65. The van der Waals surface area contributed by atoms with E-state index in [0.29, 0.717) is 5.92 Å². The third-order valence-corrected chi connectivity index (χ3v) is 5.53. The zero-order chi connectivity index (χ0) is 19.8. The highest BCUT2D eigenvalue weighted by Gasteiger charge is 2.49. The maximum atomic E-state index is 13.6. The van der Waals surface area contributed by atoms with Crippen molar-refractivity contribution in [3.8, 4) is 0 Å². The fraction of sp³-hybridized carbons (Fsp3) is 0.526. The van der Waals surface area contributed by atoms with Gasteiger partial charge in [-0.05, 0) is 43.4 Å². The van der Waals surface area contributed by atoms with Crippen LogP contribution in [-0.4, -0.2) is 35.3 Å². The number of carbonyl (C=O) groups excluding carboxylic acids is 3. The summed E-state index contributed by atoms with van der Waals surface area (Å²) < 4.78 is 26.7. The number of amides is 4. The van der Waals surface area contributed by atoms with E-state index in [9.17, 15) is 23.2 Å². The second-order valence-corrected chi connectivity index (χ2v) is 7.51. The van der Waals surface area contributed by atoms with Crippen molar-refractivity contribution in [3.05, 3.63) is 35.4 Å². The quantitative estimate of drug-likeness (QED) is 0.789. The zero-order valence-corrected chi connectivity index (χ0v) is 15.4. The van der Waals surface area contributed by atoms with Gasteiger partial charge in [0.05, 0.1) is 0 Å². The number of hydrogen-bond acceptors (Lipinski definition) is 3. The van der Waals surface area contributed by atoms with Crippen LogP contribution in [0.15, 0.2) is 18.2 Å². The third-order valence-electron chi connectivity index (χ3n) is 5.53. The molecule has 0 spiro atoms. The Bertz CT molecular complexity index is 785. The van der Waals surface area contributed by atoms with E-state index in [4.69, 9.17) is 0 Å². The van der Waals surface area contributed by atoms with Crippen molar-refractivity contribution in [2.45, 2.75) is 51.1 Å². The standard InChI is InChI=1S/C19H23F2N3O3/c1-11-5-3-4-6-15(11)22-16(25)10-24-17(26)19(2,23-18(24)27)12-7-8-13(20)14(21)9-12/h7-9,11,15H,3-6,10H2,1-2H3,(H,22,25)(H,23,27). The van der Waals surface area contributed by atoms with Gasteiger partial charge in [-0.1, -0.05) is 25.8 Å². The van der Waals surface area contributed by atoms with E-state index < -0.39 is 41.6 Å². The van der Waals surface area contributed by atoms with E-state index in [-0.39, 0.29) is 11.6 Å². The summed E-state index contributed by atoms with van der Waals surface area (Å²) in [6, 6.07) is 2.31. The number of hydrogen-bond donors (Lipinski definition) is 2. The van der Waals surface area contributed by atoms with E-state index in [2.05, 4.69) is 17.6 Å². The van der Waals surface area contributed by atoms with Gasteiger partial charge in [-0.3, -0.25) is 14.5 Å². The first-order valence-corrected chi connectivity index (χ1v) is 9.11. The molecule has 8 heteroatoms. The summed E-state index contributed by atoms with van der Waals surface area (Å²) in [5, 5.41) is 5.38. The molecule has 1 heterocycles. The molecule has 1 saturated heterocycles. The Morgan fingerprint density at radius 3 is 2.63 bits per heavy atom. The molecule has 2 N–H and O–H groups in total. The molecule has 2 aliphatic rings. The molecule has 3 atom stereocenters. The smallest absolute Gasteiger partial charge is 0.325 e. The van der Waals surface area contributed by atoms with Gasteiger partial charge in [0.15, 0.2) is 11.6 Å². The topological polar surface area (TPSA) is 78.5 Å². The van der Waals surface area contributed by atoms with Crippen LogP contribution in [-0.2, 0) is 15.1 Å². The molecule has 1 aromatic rings. The molecule has 6 nitrogen and oxygen atoms in total. The largest absolute Gasteiger partial charge is 0.352 e. The van der Waals surface area contributed by atoms with Gasteiger partial charge in [0, 0.05) is 6.04 Å². The predicted molar refractivity (Wildman–Crippen MR) is 93.5 cm³/mol. The Morgan fingerprint density at radius 2 is 1.96 bits per heavy atom. The SMILES string of the molecule is CC1CCCCC1NC(=O)CN1C(=O)NC(C)(c2ccc(F)c(F)c2)C1=O. The predicted octanol–water partition coefficient (Wildman–Crippen LogP) is 2.43. The molecule has 27 heavy (non-hydrogen) atoms. The lowest BCUT2D eigenvalue weighted by Crippen LogP contribution is -2.47. The van der Waals surface area contributed by atoms with E-state index in [1.807, 2.05) is 0 Å². The summed E-state index contributed by atoms with van der Waals surface area (Å²) in [6.07, 6.45) is 4.07. The molecular weight excluding hydrogens is 356 g/mol. The van der Waals surface area contributed by atoms with Gasteiger partial charge in [0.2, 0.25) is 5.91 Å². The molecule has 146 valence electrons. The summed E-state index contributed by atoms with van der Waals surface area (Å²) in [5.41, 5.74) is -1.44. The van der Waals surface area contributed by atoms with Crippen LogP contribution in [0.4, 0.5) is 13.6 Å². The lowest BCUT2D eigenvalue weighted by molar-refractivity contribution is -0.135. The number of urea groups is 1. The summed E-state index contributed by atoms with van der Waals surface area (Å²) in [5.74, 6) is -2.90. The number of imide groups is 1. The molecule has 1 aliphatic heterocycles. The summed E-state index contributed by atoms with van der Waals surface area (Å²) >= 11 is 0. The first-order valence-electron chi connectivity index (χ1n) is 9.11. The Balaban J connectivity index is 1.71. The molecule has 1 aliphatic carbocycles. The second-order valence-electron chi connectivity index (χ2n) is 7.51. The maximum Gasteiger partial charge on any atom is 0.325 e. The lowest BCUT2D eigenvalue weighted by atomic mass is 9.86. The fourth-order valence-corrected chi connectivity index (χ4v) is 3.77. The van der Waals surface area contributed by atoms with E-state index >= 15 is 0 Å². The van der Waals surface area contributed by atoms with Crippen LogP contribution in [0.1, 0.15) is 45.1 Å². The van der Waals surface area contributed by atoms with Gasteiger partial charge in [-0.2, -0.15) is 0 Å². The molecule has 4 amide bonds. The fourth-order valence-electron chi connectivity index (χ4n) is 3.77. The first-order chi connectivity index (χ1) is 12.7. The van der Waals surface area contributed by atoms with Crippen molar-refractivity contribution in [2.24, 2.45) is 5.92 Å². The molecule has 0 aromatic heterocycles. The number of carbonyl (C=O) groups is 3. The van der Waals surface area contributed by atoms with Gasteiger partial charge in [-0.25, -0.2) is 13.6 Å². The van der Waals surface area contributed by atoms with E-state index in [0.717, 1.165) is 42.7 Å². The molecule has 2 fully saturated rings. The molecule has 3 unspecified atom stereocenters. The van der Waals surface area contributed by atoms with Crippen LogP contribution >= 0.6 is 0 Å². The van der Waals surface area contributed by atoms with Crippen LogP contribution in [0.25, 0.3) is 0 Å². The minimum absolute atomic E-state index is 0.0320. The molecular formula is C19H23F2N3O3. The average molecular weight is 379 g/mol. The number of halogens is 2. The Labute approximate surface area is 156 Å². The van der Waals surface area contributed by atoms with Gasteiger partial charge < -0.3 is 10.6 Å². The molecule has 3 rings (SSSR count). The molecule has 0 radical (unpaired) electrons.